The van der Waals surface area contributed by atoms with Crippen molar-refractivity contribution in [3.8, 4) is 0 Å². The summed E-state index contributed by atoms with van der Waals surface area (Å²) in [7, 11) is 0. The van der Waals surface area contributed by atoms with Crippen LogP contribution in [0.1, 0.15) is 25.1 Å². The Kier molecular flexibility index (Phi) is 3.37. The number of anilines is 1. The molecule has 0 aromatic carbocycles. The molecule has 0 aliphatic carbocycles. The lowest BCUT2D eigenvalue weighted by Crippen LogP contribution is -2.54. The van der Waals surface area contributed by atoms with Crippen LogP contribution >= 0.6 is 11.6 Å². The molecule has 0 radical (unpaired) electrons. The van der Waals surface area contributed by atoms with Crippen molar-refractivity contribution in [3.05, 3.63) is 16.5 Å². The molecule has 0 saturated carbocycles. The molecule has 1 fully saturated rings. The number of halogens is 1. The van der Waals surface area contributed by atoms with Gasteiger partial charge in [-0.05, 0) is 38.4 Å². The number of fused-ring (bicyclic) bond motifs is 1. The molecular formula is C13H19ClN4O. The predicted octanol–water partition coefficient (Wildman–Crippen LogP) is 1.39. The zero-order chi connectivity index (χ0) is 13.5. The average molecular weight is 283 g/mol. The van der Waals surface area contributed by atoms with Crippen LogP contribution in [0.2, 0.25) is 5.28 Å². The minimum Gasteiger partial charge on any atom is -0.377 e. The van der Waals surface area contributed by atoms with E-state index in [0.717, 1.165) is 44.2 Å². The van der Waals surface area contributed by atoms with Gasteiger partial charge in [0.05, 0.1) is 24.4 Å². The van der Waals surface area contributed by atoms with Crippen molar-refractivity contribution < 1.29 is 4.74 Å². The molecule has 1 saturated heterocycles. The van der Waals surface area contributed by atoms with Crippen molar-refractivity contribution in [1.82, 2.24) is 15.3 Å². The first-order valence-electron chi connectivity index (χ1n) is 6.69. The van der Waals surface area contributed by atoms with E-state index < -0.39 is 0 Å². The highest BCUT2D eigenvalue weighted by Gasteiger charge is 2.34. The normalized spacial score (nSPS) is 22.2. The molecule has 2 aliphatic heterocycles. The van der Waals surface area contributed by atoms with Crippen molar-refractivity contribution in [2.24, 2.45) is 0 Å². The number of aromatic nitrogens is 2. The van der Waals surface area contributed by atoms with E-state index in [1.165, 1.54) is 5.56 Å². The molecule has 3 rings (SSSR count). The smallest absolute Gasteiger partial charge is 0.224 e. The Bertz CT molecular complexity index is 492. The first-order valence-corrected chi connectivity index (χ1v) is 7.07. The van der Waals surface area contributed by atoms with Gasteiger partial charge in [0.1, 0.15) is 5.82 Å². The Labute approximate surface area is 118 Å². The molecule has 0 unspecified atom stereocenters. The summed E-state index contributed by atoms with van der Waals surface area (Å²) in [4.78, 5) is 11.2. The van der Waals surface area contributed by atoms with Gasteiger partial charge in [-0.3, -0.25) is 0 Å². The van der Waals surface area contributed by atoms with Gasteiger partial charge in [0.2, 0.25) is 5.28 Å². The third-order valence-corrected chi connectivity index (χ3v) is 3.96. The molecule has 0 amide bonds. The van der Waals surface area contributed by atoms with Crippen LogP contribution in [0.4, 0.5) is 5.82 Å². The van der Waals surface area contributed by atoms with Gasteiger partial charge in [-0.2, -0.15) is 0 Å². The second-order valence-electron chi connectivity index (χ2n) is 5.68. The van der Waals surface area contributed by atoms with Crippen LogP contribution in [0.25, 0.3) is 0 Å². The molecule has 6 heteroatoms. The monoisotopic (exact) mass is 282 g/mol. The maximum absolute atomic E-state index is 6.09. The summed E-state index contributed by atoms with van der Waals surface area (Å²) >= 11 is 6.09. The van der Waals surface area contributed by atoms with Gasteiger partial charge in [-0.1, -0.05) is 0 Å². The fourth-order valence-electron chi connectivity index (χ4n) is 2.78. The van der Waals surface area contributed by atoms with Gasteiger partial charge >= 0.3 is 0 Å². The molecule has 104 valence electrons. The first kappa shape index (κ1) is 13.1. The highest BCUT2D eigenvalue weighted by Crippen LogP contribution is 2.31. The average Bonchev–Trinajstić information content (AvgIpc) is 2.37. The summed E-state index contributed by atoms with van der Waals surface area (Å²) in [5.74, 6) is 0.991. The highest BCUT2D eigenvalue weighted by molar-refractivity contribution is 6.28. The fourth-order valence-corrected chi connectivity index (χ4v) is 2.97. The number of hydrogen-bond acceptors (Lipinski definition) is 5. The summed E-state index contributed by atoms with van der Waals surface area (Å²) in [6, 6.07) is 0. The molecular weight excluding hydrogens is 264 g/mol. The van der Waals surface area contributed by atoms with E-state index in [4.69, 9.17) is 16.3 Å². The van der Waals surface area contributed by atoms with Crippen LogP contribution < -0.4 is 10.2 Å². The van der Waals surface area contributed by atoms with Gasteiger partial charge in [-0.15, -0.1) is 0 Å². The van der Waals surface area contributed by atoms with Crippen LogP contribution in [0, 0.1) is 0 Å². The molecule has 1 aromatic heterocycles. The molecule has 3 heterocycles. The van der Waals surface area contributed by atoms with E-state index in [2.05, 4.69) is 34.0 Å². The van der Waals surface area contributed by atoms with Crippen molar-refractivity contribution in [1.29, 1.82) is 0 Å². The summed E-state index contributed by atoms with van der Waals surface area (Å²) < 4.78 is 5.58. The van der Waals surface area contributed by atoms with Crippen LogP contribution in [0.3, 0.4) is 0 Å². The van der Waals surface area contributed by atoms with Gasteiger partial charge in [0.15, 0.2) is 0 Å². The van der Waals surface area contributed by atoms with Gasteiger partial charge in [0, 0.05) is 18.7 Å². The molecule has 0 bridgehead atoms. The largest absolute Gasteiger partial charge is 0.377 e. The number of nitrogens with one attached hydrogen (secondary N) is 1. The number of ether oxygens (including phenoxy) is 1. The van der Waals surface area contributed by atoms with E-state index in [9.17, 15) is 0 Å². The minimum absolute atomic E-state index is 0.0609. The topological polar surface area (TPSA) is 50.3 Å². The van der Waals surface area contributed by atoms with E-state index in [1.807, 2.05) is 0 Å². The van der Waals surface area contributed by atoms with Crippen LogP contribution in [-0.4, -0.2) is 41.8 Å². The summed E-state index contributed by atoms with van der Waals surface area (Å²) in [5.41, 5.74) is 2.20. The Morgan fingerprint density at radius 2 is 2.21 bits per heavy atom. The third-order valence-electron chi connectivity index (χ3n) is 3.79. The van der Waals surface area contributed by atoms with Crippen LogP contribution in [0.5, 0.6) is 0 Å². The third kappa shape index (κ3) is 2.42. The van der Waals surface area contributed by atoms with Gasteiger partial charge in [0.25, 0.3) is 0 Å². The molecule has 0 spiro atoms. The number of hydrogen-bond donors (Lipinski definition) is 1. The van der Waals surface area contributed by atoms with Crippen molar-refractivity contribution >= 4 is 17.4 Å². The highest BCUT2D eigenvalue weighted by atomic mass is 35.5. The van der Waals surface area contributed by atoms with Gasteiger partial charge in [-0.25, -0.2) is 9.97 Å². The Balaban J connectivity index is 2.06. The molecule has 5 nitrogen and oxygen atoms in total. The summed E-state index contributed by atoms with van der Waals surface area (Å²) in [6.45, 7) is 8.39. The van der Waals surface area contributed by atoms with E-state index in [1.54, 1.807) is 0 Å². The van der Waals surface area contributed by atoms with Crippen molar-refractivity contribution in [3.63, 3.8) is 0 Å². The molecule has 1 aromatic rings. The van der Waals surface area contributed by atoms with E-state index in [-0.39, 0.29) is 5.54 Å². The molecule has 19 heavy (non-hydrogen) atoms. The zero-order valence-electron chi connectivity index (χ0n) is 11.4. The van der Waals surface area contributed by atoms with Gasteiger partial charge < -0.3 is 15.0 Å². The maximum atomic E-state index is 6.09. The molecule has 2 aliphatic rings. The lowest BCUT2D eigenvalue weighted by molar-refractivity contribution is 0.0637. The quantitative estimate of drug-likeness (QED) is 0.789. The lowest BCUT2D eigenvalue weighted by atomic mass is 9.99. The number of morpholine rings is 1. The Morgan fingerprint density at radius 1 is 1.37 bits per heavy atom. The second-order valence-corrected chi connectivity index (χ2v) is 6.02. The molecule has 1 N–H and O–H groups in total. The standard InChI is InChI=1S/C13H19ClN4O/c1-13(2)8-19-6-5-18(13)11-9-3-4-15-7-10(9)16-12(14)17-11/h15H,3-8H2,1-2H3. The molecule has 0 atom stereocenters. The van der Waals surface area contributed by atoms with Crippen molar-refractivity contribution in [2.75, 3.05) is 31.2 Å². The summed E-state index contributed by atoms with van der Waals surface area (Å²) in [6.07, 6.45) is 0.954. The van der Waals surface area contributed by atoms with Crippen LogP contribution in [-0.2, 0) is 17.7 Å². The number of rotatable bonds is 1. The van der Waals surface area contributed by atoms with E-state index in [0.29, 0.717) is 11.9 Å². The Morgan fingerprint density at radius 3 is 3.00 bits per heavy atom. The van der Waals surface area contributed by atoms with Crippen LogP contribution in [0.15, 0.2) is 0 Å². The predicted molar refractivity (Wildman–Crippen MR) is 74.7 cm³/mol. The minimum atomic E-state index is -0.0609. The Hall–Kier alpha value is -0.910. The summed E-state index contributed by atoms with van der Waals surface area (Å²) in [5, 5.41) is 3.66. The first-order chi connectivity index (χ1) is 9.08. The van der Waals surface area contributed by atoms with Crippen molar-refractivity contribution in [2.45, 2.75) is 32.4 Å². The fraction of sp³-hybridized carbons (Fsp3) is 0.692. The zero-order valence-corrected chi connectivity index (χ0v) is 12.1. The van der Waals surface area contributed by atoms with E-state index >= 15 is 0 Å². The maximum Gasteiger partial charge on any atom is 0.224 e. The SMILES string of the molecule is CC1(C)COCCN1c1nc(Cl)nc2c1CCNC2. The second kappa shape index (κ2) is 4.89. The number of nitrogens with zero attached hydrogens (tertiary/aromatic N) is 3. The lowest BCUT2D eigenvalue weighted by Gasteiger charge is -2.44.